The Kier molecular flexibility index (Phi) is 7.82. The van der Waals surface area contributed by atoms with Crippen molar-refractivity contribution < 1.29 is 4.74 Å². The Hall–Kier alpha value is -0.120. The molecule has 0 saturated heterocycles. The van der Waals surface area contributed by atoms with Gasteiger partial charge >= 0.3 is 0 Å². The van der Waals surface area contributed by atoms with Gasteiger partial charge in [0.05, 0.1) is 0 Å². The van der Waals surface area contributed by atoms with Gasteiger partial charge in [-0.2, -0.15) is 0 Å². The van der Waals surface area contributed by atoms with Gasteiger partial charge in [-0.25, -0.2) is 0 Å². The van der Waals surface area contributed by atoms with Crippen molar-refractivity contribution in [3.63, 3.8) is 0 Å². The van der Waals surface area contributed by atoms with Crippen LogP contribution in [0.3, 0.4) is 0 Å². The van der Waals surface area contributed by atoms with Crippen LogP contribution in [-0.4, -0.2) is 51.3 Å². The molecule has 2 unspecified atom stereocenters. The Morgan fingerprint density at radius 1 is 1.29 bits per heavy atom. The first kappa shape index (κ1) is 14.9. The third-order valence-corrected chi connectivity index (χ3v) is 3.90. The van der Waals surface area contributed by atoms with Crippen molar-refractivity contribution in [3.8, 4) is 0 Å². The summed E-state index contributed by atoms with van der Waals surface area (Å²) in [5, 5.41) is 3.63. The van der Waals surface area contributed by atoms with E-state index in [0.29, 0.717) is 0 Å². The summed E-state index contributed by atoms with van der Waals surface area (Å²) in [4.78, 5) is 2.44. The van der Waals surface area contributed by atoms with Crippen molar-refractivity contribution in [2.24, 2.45) is 5.92 Å². The Morgan fingerprint density at radius 3 is 2.82 bits per heavy atom. The normalized spacial score (nSPS) is 24.7. The van der Waals surface area contributed by atoms with Crippen LogP contribution >= 0.6 is 0 Å². The van der Waals surface area contributed by atoms with Gasteiger partial charge in [-0.3, -0.25) is 0 Å². The number of nitrogens with zero attached hydrogens (tertiary/aromatic N) is 1. The fraction of sp³-hybridized carbons (Fsp3) is 1.00. The number of hydrogen-bond donors (Lipinski definition) is 1. The highest BCUT2D eigenvalue weighted by molar-refractivity contribution is 4.83. The number of hydrogen-bond acceptors (Lipinski definition) is 3. The van der Waals surface area contributed by atoms with E-state index >= 15 is 0 Å². The van der Waals surface area contributed by atoms with Crippen LogP contribution < -0.4 is 5.32 Å². The zero-order valence-electron chi connectivity index (χ0n) is 11.9. The highest BCUT2D eigenvalue weighted by Crippen LogP contribution is 2.28. The molecule has 3 heteroatoms. The van der Waals surface area contributed by atoms with E-state index in [0.717, 1.165) is 38.1 Å². The van der Waals surface area contributed by atoms with Gasteiger partial charge in [0.2, 0.25) is 0 Å². The van der Waals surface area contributed by atoms with E-state index in [-0.39, 0.29) is 0 Å². The summed E-state index contributed by atoms with van der Waals surface area (Å²) in [5.41, 5.74) is 0. The predicted octanol–water partition coefficient (Wildman–Crippen LogP) is 2.12. The van der Waals surface area contributed by atoms with Crippen LogP contribution in [0, 0.1) is 5.92 Å². The van der Waals surface area contributed by atoms with E-state index in [1.54, 1.807) is 7.11 Å². The molecule has 1 N–H and O–H groups in total. The maximum Gasteiger partial charge on any atom is 0.0474 e. The van der Waals surface area contributed by atoms with Gasteiger partial charge < -0.3 is 15.0 Å². The maximum atomic E-state index is 5.08. The molecule has 102 valence electrons. The van der Waals surface area contributed by atoms with Gasteiger partial charge in [0.1, 0.15) is 0 Å². The molecule has 0 bridgehead atoms. The van der Waals surface area contributed by atoms with Crippen molar-refractivity contribution >= 4 is 0 Å². The molecule has 1 aliphatic rings. The van der Waals surface area contributed by atoms with Crippen LogP contribution in [-0.2, 0) is 4.74 Å². The predicted molar refractivity (Wildman–Crippen MR) is 73.4 cm³/mol. The van der Waals surface area contributed by atoms with Gasteiger partial charge in [-0.1, -0.05) is 13.3 Å². The van der Waals surface area contributed by atoms with Gasteiger partial charge in [0, 0.05) is 26.3 Å². The average Bonchev–Trinajstić information content (AvgIpc) is 2.75. The SMILES string of the molecule is CCNC1CCCC1CCN(C)CCCOC. The summed E-state index contributed by atoms with van der Waals surface area (Å²) < 4.78 is 5.08. The Labute approximate surface area is 107 Å². The molecule has 1 saturated carbocycles. The molecule has 1 aliphatic carbocycles. The fourth-order valence-electron chi connectivity index (χ4n) is 2.89. The van der Waals surface area contributed by atoms with Crippen LogP contribution in [0.5, 0.6) is 0 Å². The molecule has 0 aromatic rings. The van der Waals surface area contributed by atoms with Gasteiger partial charge in [0.15, 0.2) is 0 Å². The standard InChI is InChI=1S/C14H30N2O/c1-4-15-14-8-5-7-13(14)9-11-16(2)10-6-12-17-3/h13-15H,4-12H2,1-3H3. The highest BCUT2D eigenvalue weighted by Gasteiger charge is 2.25. The molecule has 17 heavy (non-hydrogen) atoms. The van der Waals surface area contributed by atoms with Crippen LogP contribution in [0.2, 0.25) is 0 Å². The molecule has 0 aliphatic heterocycles. The lowest BCUT2D eigenvalue weighted by atomic mass is 9.99. The number of methoxy groups -OCH3 is 1. The maximum absolute atomic E-state index is 5.08. The molecular weight excluding hydrogens is 212 g/mol. The summed E-state index contributed by atoms with van der Waals surface area (Å²) in [7, 11) is 4.01. The summed E-state index contributed by atoms with van der Waals surface area (Å²) in [5.74, 6) is 0.903. The molecule has 0 aromatic heterocycles. The quantitative estimate of drug-likeness (QED) is 0.627. The van der Waals surface area contributed by atoms with Crippen molar-refractivity contribution in [2.45, 2.75) is 45.1 Å². The Bertz CT molecular complexity index is 187. The first-order valence-corrected chi connectivity index (χ1v) is 7.18. The number of ether oxygens (including phenoxy) is 1. The smallest absolute Gasteiger partial charge is 0.0474 e. The van der Waals surface area contributed by atoms with Crippen molar-refractivity contribution in [3.05, 3.63) is 0 Å². The van der Waals surface area contributed by atoms with Crippen LogP contribution in [0.25, 0.3) is 0 Å². The van der Waals surface area contributed by atoms with E-state index in [4.69, 9.17) is 4.74 Å². The Balaban J connectivity index is 2.11. The molecule has 0 aromatic carbocycles. The monoisotopic (exact) mass is 242 g/mol. The zero-order chi connectivity index (χ0) is 12.5. The third-order valence-electron chi connectivity index (χ3n) is 3.90. The first-order valence-electron chi connectivity index (χ1n) is 7.18. The van der Waals surface area contributed by atoms with Crippen LogP contribution in [0.15, 0.2) is 0 Å². The lowest BCUT2D eigenvalue weighted by molar-refractivity contribution is 0.176. The minimum atomic E-state index is 0.785. The van der Waals surface area contributed by atoms with E-state index < -0.39 is 0 Å². The third kappa shape index (κ3) is 5.84. The largest absolute Gasteiger partial charge is 0.385 e. The summed E-state index contributed by atoms with van der Waals surface area (Å²) in [6.45, 7) is 6.60. The topological polar surface area (TPSA) is 24.5 Å². The van der Waals surface area contributed by atoms with E-state index in [1.165, 1.54) is 32.2 Å². The van der Waals surface area contributed by atoms with Crippen molar-refractivity contribution in [2.75, 3.05) is 40.4 Å². The fourth-order valence-corrected chi connectivity index (χ4v) is 2.89. The molecule has 1 rings (SSSR count). The molecule has 0 spiro atoms. The van der Waals surface area contributed by atoms with Crippen LogP contribution in [0.4, 0.5) is 0 Å². The Morgan fingerprint density at radius 2 is 2.12 bits per heavy atom. The molecular formula is C14H30N2O. The summed E-state index contributed by atoms with van der Waals surface area (Å²) in [6.07, 6.45) is 6.71. The van der Waals surface area contributed by atoms with Crippen molar-refractivity contribution in [1.82, 2.24) is 10.2 Å². The second kappa shape index (κ2) is 8.90. The van der Waals surface area contributed by atoms with Crippen molar-refractivity contribution in [1.29, 1.82) is 0 Å². The van der Waals surface area contributed by atoms with Gasteiger partial charge in [0.25, 0.3) is 0 Å². The zero-order valence-corrected chi connectivity index (χ0v) is 11.9. The van der Waals surface area contributed by atoms with E-state index in [9.17, 15) is 0 Å². The highest BCUT2D eigenvalue weighted by atomic mass is 16.5. The molecule has 0 heterocycles. The minimum Gasteiger partial charge on any atom is -0.385 e. The molecule has 2 atom stereocenters. The number of nitrogens with one attached hydrogen (secondary N) is 1. The lowest BCUT2D eigenvalue weighted by Gasteiger charge is -2.23. The molecule has 3 nitrogen and oxygen atoms in total. The number of rotatable bonds is 9. The van der Waals surface area contributed by atoms with E-state index in [2.05, 4.69) is 24.2 Å². The van der Waals surface area contributed by atoms with Gasteiger partial charge in [-0.15, -0.1) is 0 Å². The van der Waals surface area contributed by atoms with Gasteiger partial charge in [-0.05, 0) is 51.7 Å². The minimum absolute atomic E-state index is 0.785. The molecule has 0 radical (unpaired) electrons. The second-order valence-corrected chi connectivity index (χ2v) is 5.29. The van der Waals surface area contributed by atoms with Crippen LogP contribution in [0.1, 0.15) is 39.0 Å². The molecule has 0 amide bonds. The summed E-state index contributed by atoms with van der Waals surface area (Å²) in [6, 6.07) is 0.785. The second-order valence-electron chi connectivity index (χ2n) is 5.29. The molecule has 1 fully saturated rings. The lowest BCUT2D eigenvalue weighted by Crippen LogP contribution is -2.34. The summed E-state index contributed by atoms with van der Waals surface area (Å²) >= 11 is 0. The average molecular weight is 242 g/mol. The van der Waals surface area contributed by atoms with E-state index in [1.807, 2.05) is 0 Å². The first-order chi connectivity index (χ1) is 8.27.